The van der Waals surface area contributed by atoms with Crippen LogP contribution < -0.4 is 0 Å². The summed E-state index contributed by atoms with van der Waals surface area (Å²) in [4.78, 5) is 12.3. The van der Waals surface area contributed by atoms with E-state index in [-0.39, 0.29) is 5.56 Å². The van der Waals surface area contributed by atoms with Gasteiger partial charge in [-0.3, -0.25) is 4.79 Å². The van der Waals surface area contributed by atoms with E-state index in [1.165, 1.54) is 13.0 Å². The number of benzene rings is 2. The zero-order valence-corrected chi connectivity index (χ0v) is 11.1. The van der Waals surface area contributed by atoms with Gasteiger partial charge in [-0.05, 0) is 43.5 Å². The quantitative estimate of drug-likeness (QED) is 0.742. The molecule has 0 amide bonds. The van der Waals surface area contributed by atoms with E-state index in [1.54, 1.807) is 19.1 Å². The van der Waals surface area contributed by atoms with Gasteiger partial charge < -0.3 is 0 Å². The van der Waals surface area contributed by atoms with Gasteiger partial charge in [0.05, 0.1) is 5.56 Å². The number of hydrogen-bond acceptors (Lipinski definition) is 1. The first-order chi connectivity index (χ1) is 8.93. The highest BCUT2D eigenvalue weighted by atomic mass is 19.1. The minimum absolute atomic E-state index is 0.259. The van der Waals surface area contributed by atoms with E-state index < -0.39 is 23.0 Å². The molecule has 0 radical (unpaired) electrons. The smallest absolute Gasteiger partial charge is 0.199 e. The van der Waals surface area contributed by atoms with Crippen molar-refractivity contribution in [1.29, 1.82) is 0 Å². The molecule has 0 aliphatic carbocycles. The van der Waals surface area contributed by atoms with Gasteiger partial charge in [0.15, 0.2) is 5.78 Å². The highest BCUT2D eigenvalue weighted by molar-refractivity contribution is 6.10. The molecule has 0 saturated carbocycles. The highest BCUT2D eigenvalue weighted by Gasteiger charge is 2.21. The molecule has 0 saturated heterocycles. The largest absolute Gasteiger partial charge is 0.288 e. The Bertz CT molecular complexity index is 660. The molecule has 0 N–H and O–H groups in total. The molecule has 3 heteroatoms. The van der Waals surface area contributed by atoms with Crippen LogP contribution in [0.4, 0.5) is 8.78 Å². The zero-order valence-electron chi connectivity index (χ0n) is 11.1. The maximum absolute atomic E-state index is 14.0. The van der Waals surface area contributed by atoms with Gasteiger partial charge in [0.2, 0.25) is 0 Å². The number of ketones is 1. The molecule has 0 heterocycles. The predicted molar refractivity (Wildman–Crippen MR) is 70.4 cm³/mol. The van der Waals surface area contributed by atoms with Crippen LogP contribution in [0.15, 0.2) is 30.3 Å². The Hall–Kier alpha value is -2.03. The SMILES string of the molecule is Cc1cccc(C(=O)c2c(F)ccc(C)c2F)c1C. The highest BCUT2D eigenvalue weighted by Crippen LogP contribution is 2.22. The van der Waals surface area contributed by atoms with E-state index in [0.717, 1.165) is 17.2 Å². The average Bonchev–Trinajstić information content (AvgIpc) is 2.37. The number of carbonyl (C=O) groups excluding carboxylic acids is 1. The van der Waals surface area contributed by atoms with Gasteiger partial charge in [0, 0.05) is 5.56 Å². The summed E-state index contributed by atoms with van der Waals surface area (Å²) >= 11 is 0. The predicted octanol–water partition coefficient (Wildman–Crippen LogP) is 4.12. The van der Waals surface area contributed by atoms with E-state index in [2.05, 4.69) is 0 Å². The molecule has 0 aliphatic heterocycles. The summed E-state index contributed by atoms with van der Waals surface area (Å²) < 4.78 is 27.7. The van der Waals surface area contributed by atoms with E-state index in [4.69, 9.17) is 0 Å². The van der Waals surface area contributed by atoms with Crippen LogP contribution in [-0.4, -0.2) is 5.78 Å². The Kier molecular flexibility index (Phi) is 3.47. The minimum Gasteiger partial charge on any atom is -0.288 e. The Labute approximate surface area is 110 Å². The lowest BCUT2D eigenvalue weighted by Crippen LogP contribution is -2.10. The summed E-state index contributed by atoms with van der Waals surface area (Å²) in [6, 6.07) is 7.60. The molecule has 1 nitrogen and oxygen atoms in total. The molecule has 2 aromatic carbocycles. The maximum atomic E-state index is 14.0. The zero-order chi connectivity index (χ0) is 14.2. The molecule has 0 aromatic heterocycles. The van der Waals surface area contributed by atoms with E-state index in [1.807, 2.05) is 13.0 Å². The fourth-order valence-corrected chi connectivity index (χ4v) is 2.00. The first-order valence-corrected chi connectivity index (χ1v) is 5.99. The average molecular weight is 260 g/mol. The van der Waals surface area contributed by atoms with Crippen molar-refractivity contribution in [3.05, 3.63) is 69.8 Å². The molecule has 0 unspecified atom stereocenters. The number of carbonyl (C=O) groups is 1. The van der Waals surface area contributed by atoms with Crippen LogP contribution in [0.5, 0.6) is 0 Å². The summed E-state index contributed by atoms with van der Waals surface area (Å²) in [7, 11) is 0. The van der Waals surface area contributed by atoms with Crippen molar-refractivity contribution in [2.75, 3.05) is 0 Å². The van der Waals surface area contributed by atoms with Gasteiger partial charge in [-0.25, -0.2) is 8.78 Å². The molecular weight excluding hydrogens is 246 g/mol. The van der Waals surface area contributed by atoms with Crippen LogP contribution >= 0.6 is 0 Å². The summed E-state index contributed by atoms with van der Waals surface area (Å²) in [5.74, 6) is -2.22. The van der Waals surface area contributed by atoms with Gasteiger partial charge in [0.1, 0.15) is 11.6 Å². The van der Waals surface area contributed by atoms with Crippen molar-refractivity contribution >= 4 is 5.78 Å². The second kappa shape index (κ2) is 4.92. The number of hydrogen-bond donors (Lipinski definition) is 0. The molecular formula is C16H14F2O. The standard InChI is InChI=1S/C16H14F2O/c1-9-5-4-6-12(11(9)3)16(19)14-13(17)8-7-10(2)15(14)18/h4-8H,1-3H3. The van der Waals surface area contributed by atoms with E-state index in [9.17, 15) is 13.6 Å². The van der Waals surface area contributed by atoms with Crippen LogP contribution in [0.2, 0.25) is 0 Å². The molecule has 2 aromatic rings. The maximum Gasteiger partial charge on any atom is 0.199 e. The summed E-state index contributed by atoms with van der Waals surface area (Å²) in [5.41, 5.74) is 1.78. The van der Waals surface area contributed by atoms with Crippen molar-refractivity contribution in [3.8, 4) is 0 Å². The lowest BCUT2D eigenvalue weighted by Gasteiger charge is -2.10. The first-order valence-electron chi connectivity index (χ1n) is 5.99. The molecule has 98 valence electrons. The molecule has 0 atom stereocenters. The van der Waals surface area contributed by atoms with Crippen molar-refractivity contribution in [2.45, 2.75) is 20.8 Å². The van der Waals surface area contributed by atoms with Crippen molar-refractivity contribution in [2.24, 2.45) is 0 Å². The van der Waals surface area contributed by atoms with Crippen LogP contribution in [-0.2, 0) is 0 Å². The summed E-state index contributed by atoms with van der Waals surface area (Å²) in [6.45, 7) is 5.14. The Morgan fingerprint density at radius 3 is 2.32 bits per heavy atom. The van der Waals surface area contributed by atoms with Crippen LogP contribution in [0, 0.1) is 32.4 Å². The lowest BCUT2D eigenvalue weighted by atomic mass is 9.95. The van der Waals surface area contributed by atoms with Gasteiger partial charge in [-0.15, -0.1) is 0 Å². The molecule has 0 bridgehead atoms. The van der Waals surface area contributed by atoms with E-state index in [0.29, 0.717) is 5.56 Å². The second-order valence-electron chi connectivity index (χ2n) is 4.63. The van der Waals surface area contributed by atoms with Crippen LogP contribution in [0.3, 0.4) is 0 Å². The summed E-state index contributed by atoms with van der Waals surface area (Å²) in [5, 5.41) is 0. The third-order valence-electron chi connectivity index (χ3n) is 3.36. The first kappa shape index (κ1) is 13.4. The Balaban J connectivity index is 2.63. The number of halogens is 2. The Morgan fingerprint density at radius 2 is 1.63 bits per heavy atom. The molecule has 0 fully saturated rings. The third-order valence-corrected chi connectivity index (χ3v) is 3.36. The fourth-order valence-electron chi connectivity index (χ4n) is 2.00. The monoisotopic (exact) mass is 260 g/mol. The van der Waals surface area contributed by atoms with E-state index >= 15 is 0 Å². The van der Waals surface area contributed by atoms with Gasteiger partial charge in [0.25, 0.3) is 0 Å². The molecule has 0 aliphatic rings. The van der Waals surface area contributed by atoms with Crippen molar-refractivity contribution in [1.82, 2.24) is 0 Å². The summed E-state index contributed by atoms with van der Waals surface area (Å²) in [6.07, 6.45) is 0. The van der Waals surface area contributed by atoms with Crippen LogP contribution in [0.1, 0.15) is 32.6 Å². The minimum atomic E-state index is -0.825. The normalized spacial score (nSPS) is 10.6. The van der Waals surface area contributed by atoms with Gasteiger partial charge >= 0.3 is 0 Å². The van der Waals surface area contributed by atoms with Crippen LogP contribution in [0.25, 0.3) is 0 Å². The fraction of sp³-hybridized carbons (Fsp3) is 0.188. The molecule has 19 heavy (non-hydrogen) atoms. The molecule has 2 rings (SSSR count). The van der Waals surface area contributed by atoms with Gasteiger partial charge in [-0.2, -0.15) is 0 Å². The van der Waals surface area contributed by atoms with Crippen molar-refractivity contribution < 1.29 is 13.6 Å². The lowest BCUT2D eigenvalue weighted by molar-refractivity contribution is 0.103. The number of rotatable bonds is 2. The van der Waals surface area contributed by atoms with Gasteiger partial charge in [-0.1, -0.05) is 24.3 Å². The molecule has 0 spiro atoms. The third kappa shape index (κ3) is 2.28. The Morgan fingerprint density at radius 1 is 0.947 bits per heavy atom. The topological polar surface area (TPSA) is 17.1 Å². The number of aryl methyl sites for hydroxylation is 2. The van der Waals surface area contributed by atoms with Crippen molar-refractivity contribution in [3.63, 3.8) is 0 Å². The second-order valence-corrected chi connectivity index (χ2v) is 4.63.